The molecule has 1 unspecified atom stereocenters. The van der Waals surface area contributed by atoms with Crippen molar-refractivity contribution in [2.45, 2.75) is 45.2 Å². The molecule has 0 aliphatic carbocycles. The molecule has 21 heavy (non-hydrogen) atoms. The number of benzene rings is 1. The Morgan fingerprint density at radius 1 is 1.38 bits per heavy atom. The predicted octanol–water partition coefficient (Wildman–Crippen LogP) is 2.82. The maximum Gasteiger partial charge on any atom is 0.115 e. The molecule has 1 aliphatic rings. The van der Waals surface area contributed by atoms with Gasteiger partial charge in [0.1, 0.15) is 11.6 Å². The second-order valence-corrected chi connectivity index (χ2v) is 5.82. The minimum Gasteiger partial charge on any atom is -0.508 e. The van der Waals surface area contributed by atoms with Gasteiger partial charge in [0.05, 0.1) is 5.69 Å². The molecule has 2 aromatic rings. The Hall–Kier alpha value is -1.81. The number of phenolic OH excluding ortho intramolecular Hbond substituents is 1. The molecule has 1 aromatic carbocycles. The maximum absolute atomic E-state index is 9.52. The Morgan fingerprint density at radius 3 is 3.10 bits per heavy atom. The van der Waals surface area contributed by atoms with Gasteiger partial charge in [-0.15, -0.1) is 0 Å². The number of hydrogen-bond acceptors (Lipinski definition) is 3. The molecule has 0 fully saturated rings. The van der Waals surface area contributed by atoms with E-state index in [1.807, 2.05) is 18.2 Å². The third kappa shape index (κ3) is 3.45. The Labute approximate surface area is 125 Å². The predicted molar refractivity (Wildman–Crippen MR) is 83.4 cm³/mol. The number of fused-ring (bicyclic) bond motifs is 1. The van der Waals surface area contributed by atoms with Crippen molar-refractivity contribution in [2.75, 3.05) is 6.54 Å². The molecule has 1 aromatic heterocycles. The van der Waals surface area contributed by atoms with Gasteiger partial charge < -0.3 is 15.0 Å². The van der Waals surface area contributed by atoms with Crippen LogP contribution in [0.4, 0.5) is 0 Å². The average Bonchev–Trinajstić information content (AvgIpc) is 2.89. The first-order chi connectivity index (χ1) is 10.2. The van der Waals surface area contributed by atoms with Crippen molar-refractivity contribution >= 4 is 0 Å². The monoisotopic (exact) mass is 285 g/mol. The molecular formula is C17H23N3O. The zero-order valence-electron chi connectivity index (χ0n) is 12.5. The highest BCUT2D eigenvalue weighted by Gasteiger charge is 2.12. The first-order valence-electron chi connectivity index (χ1n) is 7.79. The second-order valence-electron chi connectivity index (χ2n) is 5.82. The van der Waals surface area contributed by atoms with Gasteiger partial charge in [0.25, 0.3) is 0 Å². The summed E-state index contributed by atoms with van der Waals surface area (Å²) in [5, 5.41) is 13.0. The van der Waals surface area contributed by atoms with Crippen LogP contribution in [-0.4, -0.2) is 21.2 Å². The summed E-state index contributed by atoms with van der Waals surface area (Å²) < 4.78 is 2.30. The number of rotatable bonds is 5. The fraction of sp³-hybridized carbons (Fsp3) is 0.471. The molecule has 0 radical (unpaired) electrons. The van der Waals surface area contributed by atoms with Gasteiger partial charge in [0.2, 0.25) is 0 Å². The molecule has 0 bridgehead atoms. The fourth-order valence-electron chi connectivity index (χ4n) is 2.92. The zero-order chi connectivity index (χ0) is 14.7. The molecule has 112 valence electrons. The van der Waals surface area contributed by atoms with E-state index >= 15 is 0 Å². The lowest BCUT2D eigenvalue weighted by atomic mass is 10.1. The summed E-state index contributed by atoms with van der Waals surface area (Å²) in [5.74, 6) is 1.57. The van der Waals surface area contributed by atoms with Crippen molar-refractivity contribution in [2.24, 2.45) is 0 Å². The van der Waals surface area contributed by atoms with E-state index in [1.165, 1.54) is 24.4 Å². The Morgan fingerprint density at radius 2 is 2.29 bits per heavy atom. The van der Waals surface area contributed by atoms with Gasteiger partial charge in [0.15, 0.2) is 0 Å². The van der Waals surface area contributed by atoms with Crippen molar-refractivity contribution in [3.05, 3.63) is 47.5 Å². The van der Waals surface area contributed by atoms with Crippen LogP contribution >= 0.6 is 0 Å². The maximum atomic E-state index is 9.52. The van der Waals surface area contributed by atoms with E-state index < -0.39 is 0 Å². The summed E-state index contributed by atoms with van der Waals surface area (Å²) in [4.78, 5) is 4.72. The highest BCUT2D eigenvalue weighted by atomic mass is 16.3. The van der Waals surface area contributed by atoms with Crippen LogP contribution in [0.25, 0.3) is 0 Å². The SMILES string of the molecule is CC(NCCc1cn2c(n1)CCCC2)c1cccc(O)c1. The van der Waals surface area contributed by atoms with E-state index in [0.29, 0.717) is 5.75 Å². The molecule has 2 N–H and O–H groups in total. The van der Waals surface area contributed by atoms with Gasteiger partial charge in [-0.05, 0) is 37.5 Å². The smallest absolute Gasteiger partial charge is 0.115 e. The Kier molecular flexibility index (Phi) is 4.25. The van der Waals surface area contributed by atoms with Crippen molar-refractivity contribution in [3.63, 3.8) is 0 Å². The molecule has 2 heterocycles. The minimum absolute atomic E-state index is 0.231. The molecule has 4 heteroatoms. The highest BCUT2D eigenvalue weighted by molar-refractivity contribution is 5.29. The van der Waals surface area contributed by atoms with Gasteiger partial charge in [0, 0.05) is 38.2 Å². The van der Waals surface area contributed by atoms with E-state index in [-0.39, 0.29) is 6.04 Å². The van der Waals surface area contributed by atoms with Crippen LogP contribution in [-0.2, 0) is 19.4 Å². The van der Waals surface area contributed by atoms with Gasteiger partial charge >= 0.3 is 0 Å². The minimum atomic E-state index is 0.231. The molecular weight excluding hydrogens is 262 g/mol. The van der Waals surface area contributed by atoms with Crippen LogP contribution in [0.15, 0.2) is 30.5 Å². The molecule has 1 aliphatic heterocycles. The largest absolute Gasteiger partial charge is 0.508 e. The van der Waals surface area contributed by atoms with Gasteiger partial charge in [-0.3, -0.25) is 0 Å². The Balaban J connectivity index is 1.52. The second kappa shape index (κ2) is 6.31. The molecule has 0 saturated heterocycles. The van der Waals surface area contributed by atoms with Crippen molar-refractivity contribution in [1.82, 2.24) is 14.9 Å². The molecule has 4 nitrogen and oxygen atoms in total. The van der Waals surface area contributed by atoms with Gasteiger partial charge in [-0.2, -0.15) is 0 Å². The van der Waals surface area contributed by atoms with Crippen LogP contribution in [0, 0.1) is 0 Å². The number of aryl methyl sites for hydroxylation is 2. The average molecular weight is 285 g/mol. The normalized spacial score (nSPS) is 15.7. The number of aromatic hydroxyl groups is 1. The zero-order valence-corrected chi connectivity index (χ0v) is 12.5. The standard InChI is InChI=1S/C17H23N3O/c1-13(14-5-4-6-16(21)11-14)18-9-8-15-12-20-10-3-2-7-17(20)19-15/h4-6,11-13,18,21H,2-3,7-10H2,1H3. The number of phenols is 1. The quantitative estimate of drug-likeness (QED) is 0.888. The van der Waals surface area contributed by atoms with Crippen LogP contribution in [0.2, 0.25) is 0 Å². The fourth-order valence-corrected chi connectivity index (χ4v) is 2.92. The lowest BCUT2D eigenvalue weighted by Crippen LogP contribution is -2.21. The summed E-state index contributed by atoms with van der Waals surface area (Å²) >= 11 is 0. The van der Waals surface area contributed by atoms with Gasteiger partial charge in [-0.25, -0.2) is 4.98 Å². The van der Waals surface area contributed by atoms with Crippen molar-refractivity contribution < 1.29 is 5.11 Å². The lowest BCUT2D eigenvalue weighted by molar-refractivity contribution is 0.472. The van der Waals surface area contributed by atoms with E-state index in [4.69, 9.17) is 4.98 Å². The number of nitrogens with zero attached hydrogens (tertiary/aromatic N) is 2. The molecule has 0 amide bonds. The molecule has 3 rings (SSSR count). The molecule has 0 saturated carbocycles. The summed E-state index contributed by atoms with van der Waals surface area (Å²) in [6.45, 7) is 4.13. The summed E-state index contributed by atoms with van der Waals surface area (Å²) in [6, 6.07) is 7.66. The Bertz CT molecular complexity index is 582. The number of nitrogens with one attached hydrogen (secondary N) is 1. The third-order valence-electron chi connectivity index (χ3n) is 4.16. The molecule has 1 atom stereocenters. The first-order valence-corrected chi connectivity index (χ1v) is 7.79. The van der Waals surface area contributed by atoms with E-state index in [0.717, 1.165) is 31.5 Å². The molecule has 0 spiro atoms. The van der Waals surface area contributed by atoms with E-state index in [2.05, 4.69) is 23.0 Å². The third-order valence-corrected chi connectivity index (χ3v) is 4.16. The van der Waals surface area contributed by atoms with Crippen LogP contribution in [0.5, 0.6) is 5.75 Å². The van der Waals surface area contributed by atoms with Gasteiger partial charge in [-0.1, -0.05) is 12.1 Å². The lowest BCUT2D eigenvalue weighted by Gasteiger charge is -2.13. The van der Waals surface area contributed by atoms with E-state index in [1.54, 1.807) is 6.07 Å². The summed E-state index contributed by atoms with van der Waals surface area (Å²) in [5.41, 5.74) is 2.29. The van der Waals surface area contributed by atoms with Crippen LogP contribution in [0.3, 0.4) is 0 Å². The summed E-state index contributed by atoms with van der Waals surface area (Å²) in [7, 11) is 0. The van der Waals surface area contributed by atoms with Crippen molar-refractivity contribution in [1.29, 1.82) is 0 Å². The first kappa shape index (κ1) is 14.1. The van der Waals surface area contributed by atoms with Crippen molar-refractivity contribution in [3.8, 4) is 5.75 Å². The topological polar surface area (TPSA) is 50.1 Å². The van der Waals surface area contributed by atoms with E-state index in [9.17, 15) is 5.11 Å². The number of hydrogen-bond donors (Lipinski definition) is 2. The summed E-state index contributed by atoms with van der Waals surface area (Å²) in [6.07, 6.45) is 6.81. The van der Waals surface area contributed by atoms with Crippen LogP contribution < -0.4 is 5.32 Å². The number of imidazole rings is 1. The highest BCUT2D eigenvalue weighted by Crippen LogP contribution is 2.18. The van der Waals surface area contributed by atoms with Crippen LogP contribution in [0.1, 0.15) is 42.9 Å². The number of aromatic nitrogens is 2.